The summed E-state index contributed by atoms with van der Waals surface area (Å²) in [7, 11) is 0. The van der Waals surface area contributed by atoms with Gasteiger partial charge in [0.2, 0.25) is 11.6 Å². The van der Waals surface area contributed by atoms with Crippen LogP contribution in [0, 0.1) is 23.3 Å². The third-order valence-electron chi connectivity index (χ3n) is 1.54. The molecule has 1 aromatic rings. The SMILES string of the molecule is C[C@H](O)COc1c(F)c(F)cc(F)c1F. The second-order valence-corrected chi connectivity index (χ2v) is 2.96. The highest BCUT2D eigenvalue weighted by Gasteiger charge is 2.20. The Morgan fingerprint density at radius 2 is 1.67 bits per heavy atom. The average Bonchev–Trinajstić information content (AvgIpc) is 2.14. The van der Waals surface area contributed by atoms with Gasteiger partial charge in [0.1, 0.15) is 6.61 Å². The summed E-state index contributed by atoms with van der Waals surface area (Å²) in [5, 5.41) is 8.78. The Morgan fingerprint density at radius 1 is 1.20 bits per heavy atom. The summed E-state index contributed by atoms with van der Waals surface area (Å²) >= 11 is 0. The summed E-state index contributed by atoms with van der Waals surface area (Å²) in [6.45, 7) is 0.836. The second-order valence-electron chi connectivity index (χ2n) is 2.96. The van der Waals surface area contributed by atoms with E-state index >= 15 is 0 Å². The Balaban J connectivity index is 3.04. The molecule has 0 fully saturated rings. The Labute approximate surface area is 83.1 Å². The maximum atomic E-state index is 12.9. The van der Waals surface area contributed by atoms with Crippen molar-refractivity contribution in [2.24, 2.45) is 0 Å². The van der Waals surface area contributed by atoms with Crippen LogP contribution in [0.25, 0.3) is 0 Å². The molecule has 2 nitrogen and oxygen atoms in total. The van der Waals surface area contributed by atoms with E-state index in [1.54, 1.807) is 0 Å². The van der Waals surface area contributed by atoms with Gasteiger partial charge in [0.15, 0.2) is 17.4 Å². The molecule has 1 atom stereocenters. The van der Waals surface area contributed by atoms with Gasteiger partial charge in [-0.1, -0.05) is 0 Å². The van der Waals surface area contributed by atoms with Crippen molar-refractivity contribution in [3.05, 3.63) is 29.3 Å². The molecule has 0 saturated heterocycles. The summed E-state index contributed by atoms with van der Waals surface area (Å²) in [5.74, 6) is -7.48. The number of aliphatic hydroxyl groups is 1. The van der Waals surface area contributed by atoms with E-state index in [-0.39, 0.29) is 6.07 Å². The first-order valence-electron chi connectivity index (χ1n) is 4.07. The maximum Gasteiger partial charge on any atom is 0.203 e. The summed E-state index contributed by atoms with van der Waals surface area (Å²) < 4.78 is 55.5. The van der Waals surface area contributed by atoms with E-state index in [0.29, 0.717) is 0 Å². The van der Waals surface area contributed by atoms with E-state index in [1.807, 2.05) is 0 Å². The Kier molecular flexibility index (Phi) is 3.52. The molecule has 0 aliphatic heterocycles. The van der Waals surface area contributed by atoms with Crippen molar-refractivity contribution in [3.8, 4) is 5.75 Å². The lowest BCUT2D eigenvalue weighted by Crippen LogP contribution is -2.15. The normalized spacial score (nSPS) is 12.7. The lowest BCUT2D eigenvalue weighted by Gasteiger charge is -2.10. The Morgan fingerprint density at radius 3 is 2.07 bits per heavy atom. The highest BCUT2D eigenvalue weighted by Crippen LogP contribution is 2.26. The monoisotopic (exact) mass is 224 g/mol. The molecular weight excluding hydrogens is 216 g/mol. The third kappa shape index (κ3) is 2.59. The van der Waals surface area contributed by atoms with Gasteiger partial charge in [-0.2, -0.15) is 8.78 Å². The summed E-state index contributed by atoms with van der Waals surface area (Å²) in [6, 6.07) is 0.0832. The van der Waals surface area contributed by atoms with Crippen LogP contribution in [0.5, 0.6) is 5.75 Å². The Hall–Kier alpha value is -1.30. The first-order valence-corrected chi connectivity index (χ1v) is 4.07. The van der Waals surface area contributed by atoms with Gasteiger partial charge in [-0.05, 0) is 6.92 Å². The highest BCUT2D eigenvalue weighted by atomic mass is 19.2. The zero-order valence-electron chi connectivity index (χ0n) is 7.73. The van der Waals surface area contributed by atoms with Gasteiger partial charge < -0.3 is 9.84 Å². The van der Waals surface area contributed by atoms with E-state index < -0.39 is 41.7 Å². The molecule has 0 aliphatic rings. The molecule has 1 N–H and O–H groups in total. The number of benzene rings is 1. The zero-order chi connectivity index (χ0) is 11.6. The molecule has 0 unspecified atom stereocenters. The molecule has 0 radical (unpaired) electrons. The lowest BCUT2D eigenvalue weighted by atomic mass is 10.3. The minimum absolute atomic E-state index is 0.0832. The molecule has 1 aromatic carbocycles. The van der Waals surface area contributed by atoms with E-state index in [4.69, 9.17) is 5.11 Å². The standard InChI is InChI=1S/C9H8F4O2/c1-4(14)3-15-9-7(12)5(10)2-6(11)8(9)13/h2,4,14H,3H2,1H3/t4-/m0/s1. The molecule has 15 heavy (non-hydrogen) atoms. The van der Waals surface area contributed by atoms with Crippen LogP contribution in [0.15, 0.2) is 6.07 Å². The topological polar surface area (TPSA) is 29.5 Å². The third-order valence-corrected chi connectivity index (χ3v) is 1.54. The summed E-state index contributed by atoms with van der Waals surface area (Å²) in [4.78, 5) is 0. The molecule has 0 saturated carbocycles. The molecule has 0 spiro atoms. The quantitative estimate of drug-likeness (QED) is 0.628. The lowest BCUT2D eigenvalue weighted by molar-refractivity contribution is 0.115. The van der Waals surface area contributed by atoms with Crippen LogP contribution in [0.4, 0.5) is 17.6 Å². The smallest absolute Gasteiger partial charge is 0.203 e. The van der Waals surface area contributed by atoms with Crippen molar-refractivity contribution >= 4 is 0 Å². The van der Waals surface area contributed by atoms with Crippen molar-refractivity contribution in [2.75, 3.05) is 6.61 Å². The fourth-order valence-electron chi connectivity index (χ4n) is 0.882. The molecule has 0 aliphatic carbocycles. The van der Waals surface area contributed by atoms with Crippen molar-refractivity contribution in [2.45, 2.75) is 13.0 Å². The molecule has 1 rings (SSSR count). The van der Waals surface area contributed by atoms with E-state index in [2.05, 4.69) is 4.74 Å². The second kappa shape index (κ2) is 4.48. The van der Waals surface area contributed by atoms with E-state index in [9.17, 15) is 17.6 Å². The van der Waals surface area contributed by atoms with Gasteiger partial charge in [0.25, 0.3) is 0 Å². The molecule has 0 bridgehead atoms. The van der Waals surface area contributed by atoms with E-state index in [1.165, 1.54) is 6.92 Å². The van der Waals surface area contributed by atoms with Crippen LogP contribution in [0.3, 0.4) is 0 Å². The first-order chi connectivity index (χ1) is 6.93. The average molecular weight is 224 g/mol. The predicted octanol–water partition coefficient (Wildman–Crippen LogP) is 2.00. The number of halogens is 4. The van der Waals surface area contributed by atoms with Crippen LogP contribution in [-0.4, -0.2) is 17.8 Å². The van der Waals surface area contributed by atoms with Crippen LogP contribution >= 0.6 is 0 Å². The maximum absolute atomic E-state index is 12.9. The highest BCUT2D eigenvalue weighted by molar-refractivity contribution is 5.28. The molecule has 6 heteroatoms. The van der Waals surface area contributed by atoms with Gasteiger partial charge in [0.05, 0.1) is 6.10 Å². The van der Waals surface area contributed by atoms with Crippen LogP contribution < -0.4 is 4.74 Å². The van der Waals surface area contributed by atoms with Gasteiger partial charge in [-0.25, -0.2) is 8.78 Å². The minimum Gasteiger partial charge on any atom is -0.485 e. The number of ether oxygens (including phenoxy) is 1. The van der Waals surface area contributed by atoms with Gasteiger partial charge in [-0.15, -0.1) is 0 Å². The van der Waals surface area contributed by atoms with Gasteiger partial charge in [-0.3, -0.25) is 0 Å². The fraction of sp³-hybridized carbons (Fsp3) is 0.333. The van der Waals surface area contributed by atoms with Crippen LogP contribution in [-0.2, 0) is 0 Å². The minimum atomic E-state index is -1.62. The number of aliphatic hydroxyl groups excluding tert-OH is 1. The number of hydrogen-bond acceptors (Lipinski definition) is 2. The molecule has 84 valence electrons. The van der Waals surface area contributed by atoms with Crippen molar-refractivity contribution < 1.29 is 27.4 Å². The van der Waals surface area contributed by atoms with Crippen molar-refractivity contribution in [1.82, 2.24) is 0 Å². The van der Waals surface area contributed by atoms with Crippen LogP contribution in [0.2, 0.25) is 0 Å². The molecule has 0 amide bonds. The van der Waals surface area contributed by atoms with Gasteiger partial charge >= 0.3 is 0 Å². The molecule has 0 heterocycles. The number of hydrogen-bond donors (Lipinski definition) is 1. The molecule has 0 aromatic heterocycles. The van der Waals surface area contributed by atoms with Gasteiger partial charge in [0, 0.05) is 6.07 Å². The first kappa shape index (κ1) is 11.8. The Bertz CT molecular complexity index is 339. The van der Waals surface area contributed by atoms with Crippen LogP contribution in [0.1, 0.15) is 6.92 Å². The number of rotatable bonds is 3. The van der Waals surface area contributed by atoms with Crippen molar-refractivity contribution in [1.29, 1.82) is 0 Å². The van der Waals surface area contributed by atoms with E-state index in [0.717, 1.165) is 0 Å². The zero-order valence-corrected chi connectivity index (χ0v) is 7.73. The fourth-order valence-corrected chi connectivity index (χ4v) is 0.882. The van der Waals surface area contributed by atoms with Crippen molar-refractivity contribution in [3.63, 3.8) is 0 Å². The predicted molar refractivity (Wildman–Crippen MR) is 43.4 cm³/mol. The largest absolute Gasteiger partial charge is 0.485 e. The molecular formula is C9H8F4O2. The summed E-state index contributed by atoms with van der Waals surface area (Å²) in [6.07, 6.45) is -1.00. The summed E-state index contributed by atoms with van der Waals surface area (Å²) in [5.41, 5.74) is 0.